The largest absolute Gasteiger partial charge is 0.481 e. The van der Waals surface area contributed by atoms with Crippen LogP contribution in [0.2, 0.25) is 0 Å². The molecule has 2 rings (SSSR count). The molecule has 7 heteroatoms. The Hall–Kier alpha value is -1.89. The molecule has 1 fully saturated rings. The average molecular weight is 268 g/mol. The number of ether oxygens (including phenoxy) is 1. The van der Waals surface area contributed by atoms with E-state index in [1.54, 1.807) is 4.90 Å². The quantitative estimate of drug-likeness (QED) is 0.847. The maximum absolute atomic E-state index is 11.9. The Balaban J connectivity index is 1.73. The van der Waals surface area contributed by atoms with Crippen molar-refractivity contribution in [2.24, 2.45) is 0 Å². The molecular weight excluding hydrogens is 252 g/mol. The number of hydrogen-bond acceptors (Lipinski definition) is 5. The van der Waals surface area contributed by atoms with E-state index in [1.807, 2.05) is 0 Å². The summed E-state index contributed by atoms with van der Waals surface area (Å²) in [6.45, 7) is 1.38. The van der Waals surface area contributed by atoms with Crippen molar-refractivity contribution >= 4 is 11.9 Å². The Morgan fingerprint density at radius 1 is 1.47 bits per heavy atom. The highest BCUT2D eigenvalue weighted by Crippen LogP contribution is 2.16. The van der Waals surface area contributed by atoms with Gasteiger partial charge in [-0.15, -0.1) is 0 Å². The minimum atomic E-state index is -0.863. The highest BCUT2D eigenvalue weighted by atomic mass is 16.5. The van der Waals surface area contributed by atoms with Gasteiger partial charge < -0.3 is 19.3 Å². The molecule has 0 bridgehead atoms. The highest BCUT2D eigenvalue weighted by molar-refractivity contribution is 5.91. The summed E-state index contributed by atoms with van der Waals surface area (Å²) in [6.07, 6.45) is 2.89. The number of aliphatic carboxylic acids is 1. The number of carboxylic acids is 1. The van der Waals surface area contributed by atoms with Crippen LogP contribution in [0.1, 0.15) is 29.8 Å². The number of carbonyl (C=O) groups excluding carboxylic acids is 1. The zero-order valence-electron chi connectivity index (χ0n) is 10.4. The maximum Gasteiger partial charge on any atom is 0.305 e. The van der Waals surface area contributed by atoms with E-state index in [1.165, 1.54) is 12.3 Å². The van der Waals surface area contributed by atoms with Gasteiger partial charge in [-0.05, 0) is 12.8 Å². The van der Waals surface area contributed by atoms with E-state index in [2.05, 4.69) is 5.16 Å². The van der Waals surface area contributed by atoms with Crippen LogP contribution in [-0.4, -0.2) is 52.8 Å². The Kier molecular flexibility index (Phi) is 4.51. The van der Waals surface area contributed by atoms with Gasteiger partial charge in [0.2, 0.25) is 5.76 Å². The lowest BCUT2D eigenvalue weighted by Gasteiger charge is -2.31. The summed E-state index contributed by atoms with van der Waals surface area (Å²) in [4.78, 5) is 24.0. The standard InChI is InChI=1S/C12H16N2O5/c15-11(16)4-8-18-9-2-6-14(7-3-9)12(17)10-1-5-13-19-10/h1,5,9H,2-4,6-8H2,(H,15,16). The van der Waals surface area contributed by atoms with Crippen molar-refractivity contribution in [2.75, 3.05) is 19.7 Å². The Morgan fingerprint density at radius 2 is 2.21 bits per heavy atom. The van der Waals surface area contributed by atoms with Crippen LogP contribution in [0.25, 0.3) is 0 Å². The monoisotopic (exact) mass is 268 g/mol. The van der Waals surface area contributed by atoms with Crippen molar-refractivity contribution < 1.29 is 24.0 Å². The molecule has 1 amide bonds. The molecule has 0 spiro atoms. The van der Waals surface area contributed by atoms with E-state index in [4.69, 9.17) is 14.4 Å². The number of amides is 1. The third-order valence-electron chi connectivity index (χ3n) is 3.05. The number of nitrogens with zero attached hydrogens (tertiary/aromatic N) is 2. The van der Waals surface area contributed by atoms with Crippen molar-refractivity contribution in [1.82, 2.24) is 10.1 Å². The second-order valence-electron chi connectivity index (χ2n) is 4.38. The van der Waals surface area contributed by atoms with E-state index >= 15 is 0 Å². The molecule has 2 heterocycles. The molecule has 0 aliphatic carbocycles. The van der Waals surface area contributed by atoms with Gasteiger partial charge in [0.15, 0.2) is 0 Å². The lowest BCUT2D eigenvalue weighted by Crippen LogP contribution is -2.40. The zero-order valence-corrected chi connectivity index (χ0v) is 10.4. The summed E-state index contributed by atoms with van der Waals surface area (Å²) in [7, 11) is 0. The van der Waals surface area contributed by atoms with Gasteiger partial charge in [0.1, 0.15) is 0 Å². The normalized spacial score (nSPS) is 16.5. The number of carboxylic acid groups (broad SMARTS) is 1. The summed E-state index contributed by atoms with van der Waals surface area (Å²) in [5.41, 5.74) is 0. The van der Waals surface area contributed by atoms with Gasteiger partial charge in [0.05, 0.1) is 25.3 Å². The predicted molar refractivity (Wildman–Crippen MR) is 63.6 cm³/mol. The predicted octanol–water partition coefficient (Wildman–Crippen LogP) is 0.770. The summed E-state index contributed by atoms with van der Waals surface area (Å²) < 4.78 is 10.3. The van der Waals surface area contributed by atoms with Gasteiger partial charge >= 0.3 is 5.97 Å². The van der Waals surface area contributed by atoms with Gasteiger partial charge in [-0.1, -0.05) is 5.16 Å². The molecule has 19 heavy (non-hydrogen) atoms. The summed E-state index contributed by atoms with van der Waals surface area (Å²) >= 11 is 0. The zero-order chi connectivity index (χ0) is 13.7. The minimum absolute atomic E-state index is 0.0111. The molecule has 0 unspecified atom stereocenters. The molecule has 1 aliphatic rings. The van der Waals surface area contributed by atoms with Gasteiger partial charge in [-0.25, -0.2) is 0 Å². The second kappa shape index (κ2) is 6.33. The van der Waals surface area contributed by atoms with Gasteiger partial charge in [-0.2, -0.15) is 0 Å². The topological polar surface area (TPSA) is 92.9 Å². The third kappa shape index (κ3) is 3.78. The van der Waals surface area contributed by atoms with E-state index in [-0.39, 0.29) is 30.8 Å². The first kappa shape index (κ1) is 13.5. The first-order valence-corrected chi connectivity index (χ1v) is 6.20. The Morgan fingerprint density at radius 3 is 2.79 bits per heavy atom. The third-order valence-corrected chi connectivity index (χ3v) is 3.05. The number of hydrogen-bond donors (Lipinski definition) is 1. The number of likely N-dealkylation sites (tertiary alicyclic amines) is 1. The molecule has 0 atom stereocenters. The van der Waals surface area contributed by atoms with Crippen molar-refractivity contribution in [3.63, 3.8) is 0 Å². The molecule has 1 aliphatic heterocycles. The van der Waals surface area contributed by atoms with Crippen molar-refractivity contribution in [3.8, 4) is 0 Å². The van der Waals surface area contributed by atoms with Gasteiger partial charge in [0.25, 0.3) is 5.91 Å². The van der Waals surface area contributed by atoms with E-state index < -0.39 is 5.97 Å². The van der Waals surface area contributed by atoms with Gasteiger partial charge in [0, 0.05) is 19.2 Å². The van der Waals surface area contributed by atoms with Crippen LogP contribution in [0.3, 0.4) is 0 Å². The molecule has 7 nitrogen and oxygen atoms in total. The van der Waals surface area contributed by atoms with Crippen LogP contribution in [0.5, 0.6) is 0 Å². The van der Waals surface area contributed by atoms with Crippen molar-refractivity contribution in [1.29, 1.82) is 0 Å². The fourth-order valence-corrected chi connectivity index (χ4v) is 2.02. The molecule has 1 saturated heterocycles. The molecule has 0 radical (unpaired) electrons. The van der Waals surface area contributed by atoms with Crippen LogP contribution < -0.4 is 0 Å². The molecule has 1 aromatic rings. The van der Waals surface area contributed by atoms with Crippen LogP contribution >= 0.6 is 0 Å². The van der Waals surface area contributed by atoms with Crippen LogP contribution in [0.4, 0.5) is 0 Å². The highest BCUT2D eigenvalue weighted by Gasteiger charge is 2.25. The maximum atomic E-state index is 11.9. The molecule has 0 saturated carbocycles. The summed E-state index contributed by atoms with van der Waals surface area (Å²) in [5.74, 6) is -0.787. The molecule has 1 aromatic heterocycles. The second-order valence-corrected chi connectivity index (χ2v) is 4.38. The fraction of sp³-hybridized carbons (Fsp3) is 0.583. The number of aromatic nitrogens is 1. The first-order chi connectivity index (χ1) is 9.16. The molecular formula is C12H16N2O5. The van der Waals surface area contributed by atoms with E-state index in [0.717, 1.165) is 0 Å². The van der Waals surface area contributed by atoms with Crippen molar-refractivity contribution in [2.45, 2.75) is 25.4 Å². The van der Waals surface area contributed by atoms with Crippen LogP contribution in [0, 0.1) is 0 Å². The lowest BCUT2D eigenvalue weighted by atomic mass is 10.1. The SMILES string of the molecule is O=C(O)CCOC1CCN(C(=O)c2ccno2)CC1. The Labute approximate surface area is 110 Å². The Bertz CT molecular complexity index is 423. The smallest absolute Gasteiger partial charge is 0.305 e. The minimum Gasteiger partial charge on any atom is -0.481 e. The number of rotatable bonds is 5. The summed E-state index contributed by atoms with van der Waals surface area (Å²) in [6, 6.07) is 1.54. The van der Waals surface area contributed by atoms with Gasteiger partial charge in [-0.3, -0.25) is 9.59 Å². The lowest BCUT2D eigenvalue weighted by molar-refractivity contribution is -0.138. The average Bonchev–Trinajstić information content (AvgIpc) is 2.92. The van der Waals surface area contributed by atoms with Crippen LogP contribution in [0.15, 0.2) is 16.8 Å². The van der Waals surface area contributed by atoms with E-state index in [9.17, 15) is 9.59 Å². The van der Waals surface area contributed by atoms with Crippen molar-refractivity contribution in [3.05, 3.63) is 18.0 Å². The number of piperidine rings is 1. The molecule has 0 aromatic carbocycles. The van der Waals surface area contributed by atoms with E-state index in [0.29, 0.717) is 25.9 Å². The fourth-order valence-electron chi connectivity index (χ4n) is 2.02. The molecule has 1 N–H and O–H groups in total. The number of carbonyl (C=O) groups is 2. The summed E-state index contributed by atoms with van der Waals surface area (Å²) in [5, 5.41) is 12.0. The first-order valence-electron chi connectivity index (χ1n) is 6.20. The molecule has 104 valence electrons. The van der Waals surface area contributed by atoms with Crippen LogP contribution in [-0.2, 0) is 9.53 Å².